The average molecular weight is 424 g/mol. The van der Waals surface area contributed by atoms with Gasteiger partial charge in [0.15, 0.2) is 0 Å². The second kappa shape index (κ2) is 8.14. The Hall–Kier alpha value is -0.370. The fourth-order valence-electron chi connectivity index (χ4n) is 3.18. The van der Waals surface area contributed by atoms with Crippen LogP contribution in [0.15, 0.2) is 22.7 Å². The molecule has 4 unspecified atom stereocenters. The Morgan fingerprint density at radius 3 is 2.78 bits per heavy atom. The zero-order valence-corrected chi connectivity index (χ0v) is 15.7. The number of rotatable bonds is 3. The van der Waals surface area contributed by atoms with E-state index in [9.17, 15) is 4.79 Å². The summed E-state index contributed by atoms with van der Waals surface area (Å²) in [6, 6.07) is 6.02. The molecule has 3 rings (SSSR count). The molecule has 1 aliphatic heterocycles. The maximum atomic E-state index is 12.2. The Morgan fingerprint density at radius 1 is 1.30 bits per heavy atom. The van der Waals surface area contributed by atoms with Crippen molar-refractivity contribution in [2.24, 2.45) is 11.7 Å². The van der Waals surface area contributed by atoms with E-state index in [1.165, 1.54) is 0 Å². The summed E-state index contributed by atoms with van der Waals surface area (Å²) in [5, 5.41) is 3.77. The van der Waals surface area contributed by atoms with Gasteiger partial charge in [0.25, 0.3) is 0 Å². The van der Waals surface area contributed by atoms with Gasteiger partial charge in [-0.3, -0.25) is 4.79 Å². The number of hydrogen-bond acceptors (Lipinski definition) is 4. The molecular formula is C15H21BrCl2N4O. The predicted octanol–water partition coefficient (Wildman–Crippen LogP) is 2.63. The first-order valence-electron chi connectivity index (χ1n) is 7.55. The monoisotopic (exact) mass is 422 g/mol. The van der Waals surface area contributed by atoms with Gasteiger partial charge in [-0.25, -0.2) is 10.9 Å². The first-order valence-corrected chi connectivity index (χ1v) is 8.72. The Balaban J connectivity index is 0.00000192. The van der Waals surface area contributed by atoms with Crippen LogP contribution in [0.25, 0.3) is 0 Å². The molecule has 23 heavy (non-hydrogen) atoms. The second-order valence-electron chi connectivity index (χ2n) is 6.07. The van der Waals surface area contributed by atoms with Crippen LogP contribution in [0, 0.1) is 5.92 Å². The Labute approximate surface area is 155 Å². The van der Waals surface area contributed by atoms with Crippen molar-refractivity contribution in [1.29, 1.82) is 0 Å². The van der Waals surface area contributed by atoms with Crippen LogP contribution in [-0.2, 0) is 4.79 Å². The molecule has 1 heterocycles. The number of hydrazine groups is 1. The molecule has 2 aliphatic rings. The fraction of sp³-hybridized carbons (Fsp3) is 0.533. The highest BCUT2D eigenvalue weighted by atomic mass is 79.9. The average Bonchev–Trinajstić information content (AvgIpc) is 3.11. The van der Waals surface area contributed by atoms with E-state index in [0.717, 1.165) is 40.7 Å². The molecule has 4 atom stereocenters. The van der Waals surface area contributed by atoms with E-state index in [2.05, 4.69) is 32.1 Å². The predicted molar refractivity (Wildman–Crippen MR) is 97.3 cm³/mol. The number of nitrogens with two attached hydrogens (primary N) is 1. The summed E-state index contributed by atoms with van der Waals surface area (Å²) in [7, 11) is 0. The maximum absolute atomic E-state index is 12.2. The van der Waals surface area contributed by atoms with Crippen LogP contribution < -0.4 is 21.9 Å². The normalized spacial score (nSPS) is 30.0. The van der Waals surface area contributed by atoms with Crippen molar-refractivity contribution in [1.82, 2.24) is 16.2 Å². The topological polar surface area (TPSA) is 79.2 Å². The van der Waals surface area contributed by atoms with Gasteiger partial charge in [0.05, 0.1) is 12.2 Å². The van der Waals surface area contributed by atoms with Crippen molar-refractivity contribution >= 4 is 45.8 Å². The van der Waals surface area contributed by atoms with Crippen LogP contribution in [0.2, 0.25) is 5.02 Å². The van der Waals surface area contributed by atoms with Gasteiger partial charge in [0.1, 0.15) is 0 Å². The number of carbonyl (C=O) groups excluding carboxylic acids is 1. The third-order valence-corrected chi connectivity index (χ3v) is 5.23. The third kappa shape index (κ3) is 4.59. The summed E-state index contributed by atoms with van der Waals surface area (Å²) in [5.41, 5.74) is 13.2. The van der Waals surface area contributed by atoms with Crippen molar-refractivity contribution < 1.29 is 4.79 Å². The zero-order chi connectivity index (χ0) is 15.7. The molecule has 5 nitrogen and oxygen atoms in total. The standard InChI is InChI=1S/C15H20BrClN4O.ClH/c16-9-2-4-12(17)11(6-9)13-7-14(21-20-13)19-15(22)8-1-3-10(18)5-8;/h2,4,6,8,10,13-14,20-21H,1,3,5,7,18H2,(H,19,22);1H. The molecule has 1 aromatic rings. The number of nitrogens with one attached hydrogen (secondary N) is 3. The molecule has 1 saturated heterocycles. The summed E-state index contributed by atoms with van der Waals surface area (Å²) in [6.07, 6.45) is 3.26. The van der Waals surface area contributed by atoms with Crippen molar-refractivity contribution in [2.75, 3.05) is 0 Å². The Bertz CT molecular complexity index is 574. The molecule has 128 valence electrons. The van der Waals surface area contributed by atoms with E-state index < -0.39 is 0 Å². The van der Waals surface area contributed by atoms with Gasteiger partial charge >= 0.3 is 0 Å². The molecular weight excluding hydrogens is 403 g/mol. The van der Waals surface area contributed by atoms with E-state index in [-0.39, 0.29) is 42.5 Å². The lowest BCUT2D eigenvalue weighted by atomic mass is 10.0. The third-order valence-electron chi connectivity index (χ3n) is 4.40. The summed E-state index contributed by atoms with van der Waals surface area (Å²) >= 11 is 9.72. The molecule has 1 aromatic carbocycles. The lowest BCUT2D eigenvalue weighted by Gasteiger charge is -2.16. The number of hydrogen-bond donors (Lipinski definition) is 4. The second-order valence-corrected chi connectivity index (χ2v) is 7.40. The first kappa shape index (κ1) is 19.0. The van der Waals surface area contributed by atoms with Crippen molar-refractivity contribution in [3.05, 3.63) is 33.3 Å². The van der Waals surface area contributed by atoms with Gasteiger partial charge in [-0.15, -0.1) is 12.4 Å². The minimum Gasteiger partial charge on any atom is -0.339 e. The zero-order valence-electron chi connectivity index (χ0n) is 12.5. The summed E-state index contributed by atoms with van der Waals surface area (Å²) in [6.45, 7) is 0. The molecule has 0 spiro atoms. The molecule has 0 bridgehead atoms. The fourth-order valence-corrected chi connectivity index (χ4v) is 3.81. The molecule has 1 aliphatic carbocycles. The van der Waals surface area contributed by atoms with Gasteiger partial charge in [-0.1, -0.05) is 27.5 Å². The first-order chi connectivity index (χ1) is 10.5. The van der Waals surface area contributed by atoms with Crippen molar-refractivity contribution in [2.45, 2.75) is 43.9 Å². The highest BCUT2D eigenvalue weighted by Gasteiger charge is 2.32. The van der Waals surface area contributed by atoms with Crippen LogP contribution in [0.4, 0.5) is 0 Å². The molecule has 1 amide bonds. The van der Waals surface area contributed by atoms with Gasteiger partial charge in [-0.05, 0) is 43.0 Å². The van der Waals surface area contributed by atoms with Crippen LogP contribution in [0.3, 0.4) is 0 Å². The molecule has 8 heteroatoms. The van der Waals surface area contributed by atoms with Gasteiger partial charge in [0.2, 0.25) is 5.91 Å². The molecule has 1 saturated carbocycles. The minimum atomic E-state index is -0.0932. The quantitative estimate of drug-likeness (QED) is 0.602. The number of carbonyl (C=O) groups is 1. The highest BCUT2D eigenvalue weighted by Crippen LogP contribution is 2.31. The molecule has 0 radical (unpaired) electrons. The largest absolute Gasteiger partial charge is 0.339 e. The highest BCUT2D eigenvalue weighted by molar-refractivity contribution is 9.10. The van der Waals surface area contributed by atoms with Gasteiger partial charge in [-0.2, -0.15) is 0 Å². The minimum absolute atomic E-state index is 0. The van der Waals surface area contributed by atoms with Crippen LogP contribution in [0.1, 0.15) is 37.3 Å². The number of benzene rings is 1. The summed E-state index contributed by atoms with van der Waals surface area (Å²) in [4.78, 5) is 12.2. The Morgan fingerprint density at radius 2 is 2.09 bits per heavy atom. The Kier molecular flexibility index (Phi) is 6.71. The van der Waals surface area contributed by atoms with Gasteiger partial charge < -0.3 is 11.1 Å². The lowest BCUT2D eigenvalue weighted by Crippen LogP contribution is -2.46. The van der Waals surface area contributed by atoms with Crippen LogP contribution in [0.5, 0.6) is 0 Å². The van der Waals surface area contributed by atoms with Gasteiger partial charge in [0, 0.05) is 27.9 Å². The molecule has 0 aromatic heterocycles. The maximum Gasteiger partial charge on any atom is 0.224 e. The van der Waals surface area contributed by atoms with E-state index in [1.54, 1.807) is 0 Å². The van der Waals surface area contributed by atoms with E-state index in [1.807, 2.05) is 18.2 Å². The van der Waals surface area contributed by atoms with E-state index >= 15 is 0 Å². The van der Waals surface area contributed by atoms with E-state index in [4.69, 9.17) is 17.3 Å². The molecule has 5 N–H and O–H groups in total. The van der Waals surface area contributed by atoms with Crippen molar-refractivity contribution in [3.63, 3.8) is 0 Å². The number of amides is 1. The molecule has 2 fully saturated rings. The van der Waals surface area contributed by atoms with Crippen molar-refractivity contribution in [3.8, 4) is 0 Å². The van der Waals surface area contributed by atoms with Crippen LogP contribution in [-0.4, -0.2) is 18.1 Å². The smallest absolute Gasteiger partial charge is 0.224 e. The summed E-state index contributed by atoms with van der Waals surface area (Å²) in [5.74, 6) is 0.138. The number of halogens is 3. The lowest BCUT2D eigenvalue weighted by molar-refractivity contribution is -0.125. The summed E-state index contributed by atoms with van der Waals surface area (Å²) < 4.78 is 0.987. The van der Waals surface area contributed by atoms with Crippen LogP contribution >= 0.6 is 39.9 Å². The SMILES string of the molecule is Cl.NC1CCC(C(=O)NC2CC(c3cc(Br)ccc3Cl)NN2)C1. The van der Waals surface area contributed by atoms with E-state index in [0.29, 0.717) is 0 Å².